The Bertz CT molecular complexity index is 396. The summed E-state index contributed by atoms with van der Waals surface area (Å²) in [5, 5.41) is 2.69. The van der Waals surface area contributed by atoms with Crippen LogP contribution in [0.4, 0.5) is 0 Å². The van der Waals surface area contributed by atoms with Crippen molar-refractivity contribution >= 4 is 30.8 Å². The summed E-state index contributed by atoms with van der Waals surface area (Å²) in [6.45, 7) is 8.30. The molecule has 1 N–H and O–H groups in total. The molecular formula is C16H29NO5S. The van der Waals surface area contributed by atoms with Gasteiger partial charge in [-0.15, -0.1) is 0 Å². The molecule has 0 saturated heterocycles. The van der Waals surface area contributed by atoms with E-state index in [2.05, 4.69) is 17.9 Å². The Morgan fingerprint density at radius 2 is 1.78 bits per heavy atom. The molecule has 0 bridgehead atoms. The smallest absolute Gasteiger partial charge is 0.311 e. The van der Waals surface area contributed by atoms with Crippen molar-refractivity contribution in [3.8, 4) is 0 Å². The first kappa shape index (κ1) is 21.9. The molecule has 0 aliphatic rings. The maximum absolute atomic E-state index is 12.1. The summed E-state index contributed by atoms with van der Waals surface area (Å²) in [7, 11) is 0. The zero-order valence-corrected chi connectivity index (χ0v) is 15.4. The Morgan fingerprint density at radius 3 is 2.35 bits per heavy atom. The van der Waals surface area contributed by atoms with Crippen LogP contribution >= 0.6 is 12.6 Å². The number of amides is 1. The second-order valence-electron chi connectivity index (χ2n) is 6.74. The van der Waals surface area contributed by atoms with Crippen LogP contribution in [0, 0.1) is 10.8 Å². The Hall–Kier alpha value is -1.08. The molecule has 0 saturated carbocycles. The summed E-state index contributed by atoms with van der Waals surface area (Å²) in [6.07, 6.45) is 1.65. The fraction of sp³-hybridized carbons (Fsp3) is 0.812. The molecule has 6 nitrogen and oxygen atoms in total. The van der Waals surface area contributed by atoms with Crippen LogP contribution in [0.3, 0.4) is 0 Å². The molecule has 1 amide bonds. The van der Waals surface area contributed by atoms with Crippen molar-refractivity contribution < 1.29 is 23.9 Å². The molecule has 0 aromatic rings. The second-order valence-corrected chi connectivity index (χ2v) is 7.19. The number of aldehydes is 1. The summed E-state index contributed by atoms with van der Waals surface area (Å²) in [4.78, 5) is 34.2. The Kier molecular flexibility index (Phi) is 10.1. The maximum atomic E-state index is 12.1. The number of ether oxygens (including phenoxy) is 2. The van der Waals surface area contributed by atoms with Gasteiger partial charge in [0.15, 0.2) is 0 Å². The highest BCUT2D eigenvalue weighted by molar-refractivity contribution is 7.80. The van der Waals surface area contributed by atoms with Gasteiger partial charge < -0.3 is 19.6 Å². The van der Waals surface area contributed by atoms with Gasteiger partial charge in [-0.2, -0.15) is 12.6 Å². The number of hydrogen-bond donors (Lipinski definition) is 2. The zero-order valence-electron chi connectivity index (χ0n) is 14.5. The van der Waals surface area contributed by atoms with Crippen LogP contribution in [-0.2, 0) is 23.9 Å². The molecule has 0 atom stereocenters. The zero-order chi connectivity index (χ0) is 17.9. The number of rotatable bonds is 12. The largest absolute Gasteiger partial charge is 0.463 e. The molecule has 0 spiro atoms. The Labute approximate surface area is 144 Å². The van der Waals surface area contributed by atoms with Crippen molar-refractivity contribution in [3.05, 3.63) is 0 Å². The molecule has 134 valence electrons. The van der Waals surface area contributed by atoms with Crippen molar-refractivity contribution in [2.24, 2.45) is 10.8 Å². The van der Waals surface area contributed by atoms with Gasteiger partial charge in [0.25, 0.3) is 0 Å². The molecule has 0 aromatic heterocycles. The van der Waals surface area contributed by atoms with Crippen molar-refractivity contribution in [2.45, 2.75) is 40.5 Å². The minimum Gasteiger partial charge on any atom is -0.463 e. The topological polar surface area (TPSA) is 81.7 Å². The lowest BCUT2D eigenvalue weighted by Crippen LogP contribution is -2.33. The molecule has 0 aliphatic heterocycles. The maximum Gasteiger partial charge on any atom is 0.311 e. The van der Waals surface area contributed by atoms with Gasteiger partial charge >= 0.3 is 5.97 Å². The van der Waals surface area contributed by atoms with Crippen molar-refractivity contribution in [2.75, 3.05) is 32.1 Å². The third kappa shape index (κ3) is 10.3. The summed E-state index contributed by atoms with van der Waals surface area (Å²) < 4.78 is 10.5. The van der Waals surface area contributed by atoms with Crippen LogP contribution in [0.25, 0.3) is 0 Å². The number of hydrogen-bond acceptors (Lipinski definition) is 6. The predicted molar refractivity (Wildman–Crippen MR) is 91.5 cm³/mol. The average Bonchev–Trinajstić information content (AvgIpc) is 2.45. The SMILES string of the molecule is CC(C)(C=O)CC(C)(C)C(=O)OCCOCCNC(=O)CCS. The van der Waals surface area contributed by atoms with E-state index in [4.69, 9.17) is 9.47 Å². The number of carbonyl (C=O) groups excluding carboxylic acids is 3. The standard InChI is InChI=1S/C16H29NO5S/c1-15(2,12-18)11-16(3,4)14(20)22-9-8-21-7-6-17-13(19)5-10-23/h12,23H,5-11H2,1-4H3,(H,17,19). The molecule has 7 heteroatoms. The number of esters is 1. The van der Waals surface area contributed by atoms with Crippen LogP contribution in [0.2, 0.25) is 0 Å². The lowest BCUT2D eigenvalue weighted by molar-refractivity contribution is -0.157. The highest BCUT2D eigenvalue weighted by Crippen LogP contribution is 2.33. The van der Waals surface area contributed by atoms with Gasteiger partial charge in [-0.05, 0) is 26.0 Å². The normalized spacial score (nSPS) is 11.9. The second kappa shape index (κ2) is 10.6. The molecule has 0 aromatic carbocycles. The highest BCUT2D eigenvalue weighted by Gasteiger charge is 2.35. The van der Waals surface area contributed by atoms with E-state index < -0.39 is 10.8 Å². The molecule has 0 rings (SSSR count). The first-order chi connectivity index (χ1) is 10.6. The molecule has 0 heterocycles. The molecule has 0 radical (unpaired) electrons. The molecular weight excluding hydrogens is 318 g/mol. The molecule has 23 heavy (non-hydrogen) atoms. The van der Waals surface area contributed by atoms with Gasteiger partial charge in [0.05, 0.1) is 18.6 Å². The number of nitrogens with one attached hydrogen (secondary N) is 1. The number of thiol groups is 1. The molecule has 0 unspecified atom stereocenters. The lowest BCUT2D eigenvalue weighted by atomic mass is 9.76. The molecule has 0 aliphatic carbocycles. The van der Waals surface area contributed by atoms with Gasteiger partial charge in [-0.25, -0.2) is 0 Å². The van der Waals surface area contributed by atoms with Crippen LogP contribution in [0.1, 0.15) is 40.5 Å². The summed E-state index contributed by atoms with van der Waals surface area (Å²) >= 11 is 3.97. The van der Waals surface area contributed by atoms with Crippen molar-refractivity contribution in [3.63, 3.8) is 0 Å². The van der Waals surface area contributed by atoms with Crippen molar-refractivity contribution in [1.29, 1.82) is 0 Å². The van der Waals surface area contributed by atoms with E-state index in [1.54, 1.807) is 27.7 Å². The van der Waals surface area contributed by atoms with E-state index in [0.29, 0.717) is 31.7 Å². The third-order valence-electron chi connectivity index (χ3n) is 3.14. The monoisotopic (exact) mass is 347 g/mol. The molecule has 0 fully saturated rings. The van der Waals surface area contributed by atoms with Crippen LogP contribution in [0.15, 0.2) is 0 Å². The van der Waals surface area contributed by atoms with E-state index in [1.165, 1.54) is 0 Å². The van der Waals surface area contributed by atoms with Crippen molar-refractivity contribution in [1.82, 2.24) is 5.32 Å². The van der Waals surface area contributed by atoms with Crippen LogP contribution in [0.5, 0.6) is 0 Å². The minimum atomic E-state index is -0.731. The summed E-state index contributed by atoms with van der Waals surface area (Å²) in [5.74, 6) is 0.104. The van der Waals surface area contributed by atoms with Gasteiger partial charge in [0.2, 0.25) is 5.91 Å². The van der Waals surface area contributed by atoms with Gasteiger partial charge in [-0.3, -0.25) is 9.59 Å². The predicted octanol–water partition coefficient (Wildman–Crippen LogP) is 1.62. The van der Waals surface area contributed by atoms with Gasteiger partial charge in [0, 0.05) is 18.4 Å². The van der Waals surface area contributed by atoms with Gasteiger partial charge in [-0.1, -0.05) is 13.8 Å². The van der Waals surface area contributed by atoms with Crippen LogP contribution in [-0.4, -0.2) is 50.3 Å². The lowest BCUT2D eigenvalue weighted by Gasteiger charge is -2.29. The van der Waals surface area contributed by atoms with E-state index in [9.17, 15) is 14.4 Å². The van der Waals surface area contributed by atoms with E-state index >= 15 is 0 Å². The fourth-order valence-corrected chi connectivity index (χ4v) is 2.40. The van der Waals surface area contributed by atoms with Crippen LogP contribution < -0.4 is 5.32 Å². The Balaban J connectivity index is 3.86. The first-order valence-corrected chi connectivity index (χ1v) is 8.37. The van der Waals surface area contributed by atoms with E-state index in [1.807, 2.05) is 0 Å². The highest BCUT2D eigenvalue weighted by atomic mass is 32.1. The number of carbonyl (C=O) groups is 3. The minimum absolute atomic E-state index is 0.0606. The fourth-order valence-electron chi connectivity index (χ4n) is 2.20. The average molecular weight is 347 g/mol. The van der Waals surface area contributed by atoms with E-state index in [-0.39, 0.29) is 25.1 Å². The summed E-state index contributed by atoms with van der Waals surface area (Å²) in [5.41, 5.74) is -1.30. The third-order valence-corrected chi connectivity index (χ3v) is 3.36. The Morgan fingerprint density at radius 1 is 1.13 bits per heavy atom. The van der Waals surface area contributed by atoms with E-state index in [0.717, 1.165) is 6.29 Å². The first-order valence-electron chi connectivity index (χ1n) is 7.73. The van der Waals surface area contributed by atoms with Gasteiger partial charge in [0.1, 0.15) is 12.9 Å². The quantitative estimate of drug-likeness (QED) is 0.243. The summed E-state index contributed by atoms with van der Waals surface area (Å²) in [6, 6.07) is 0.